The summed E-state index contributed by atoms with van der Waals surface area (Å²) in [4.78, 5) is 19.4. The molecule has 5 nitrogen and oxygen atoms in total. The van der Waals surface area contributed by atoms with E-state index in [0.717, 1.165) is 28.0 Å². The SMILES string of the molecule is CC(C)N(Cc1ccc2c(c1)OCO2)C(=O)c1ccc2ccccc2n1. The second-order valence-corrected chi connectivity index (χ2v) is 6.60. The molecule has 1 aromatic heterocycles. The van der Waals surface area contributed by atoms with Crippen molar-refractivity contribution in [1.29, 1.82) is 0 Å². The van der Waals surface area contributed by atoms with Gasteiger partial charge in [0.1, 0.15) is 5.69 Å². The zero-order valence-electron chi connectivity index (χ0n) is 14.8. The number of pyridine rings is 1. The monoisotopic (exact) mass is 348 g/mol. The largest absolute Gasteiger partial charge is 0.454 e. The van der Waals surface area contributed by atoms with E-state index < -0.39 is 0 Å². The summed E-state index contributed by atoms with van der Waals surface area (Å²) < 4.78 is 10.8. The number of para-hydroxylation sites is 1. The van der Waals surface area contributed by atoms with Gasteiger partial charge in [-0.15, -0.1) is 0 Å². The number of hydrogen-bond acceptors (Lipinski definition) is 4. The molecular formula is C21H20N2O3. The van der Waals surface area contributed by atoms with E-state index in [0.29, 0.717) is 12.2 Å². The quantitative estimate of drug-likeness (QED) is 0.715. The molecule has 26 heavy (non-hydrogen) atoms. The number of carbonyl (C=O) groups is 1. The number of carbonyl (C=O) groups excluding carboxylic acids is 1. The van der Waals surface area contributed by atoms with Crippen molar-refractivity contribution in [3.8, 4) is 11.5 Å². The fourth-order valence-electron chi connectivity index (χ4n) is 3.06. The molecule has 3 aromatic rings. The molecule has 0 aliphatic carbocycles. The van der Waals surface area contributed by atoms with Crippen LogP contribution in [0.2, 0.25) is 0 Å². The molecule has 0 saturated heterocycles. The van der Waals surface area contributed by atoms with E-state index in [1.807, 2.05) is 67.3 Å². The lowest BCUT2D eigenvalue weighted by Crippen LogP contribution is -2.36. The van der Waals surface area contributed by atoms with Crippen LogP contribution in [0.15, 0.2) is 54.6 Å². The minimum Gasteiger partial charge on any atom is -0.454 e. The lowest BCUT2D eigenvalue weighted by atomic mass is 10.1. The van der Waals surface area contributed by atoms with Crippen molar-refractivity contribution in [2.75, 3.05) is 6.79 Å². The third-order valence-electron chi connectivity index (χ3n) is 4.49. The van der Waals surface area contributed by atoms with Crippen LogP contribution in [-0.4, -0.2) is 28.6 Å². The van der Waals surface area contributed by atoms with Gasteiger partial charge in [0.05, 0.1) is 5.52 Å². The van der Waals surface area contributed by atoms with Crippen LogP contribution in [0.1, 0.15) is 29.9 Å². The molecule has 1 aliphatic heterocycles. The van der Waals surface area contributed by atoms with Gasteiger partial charge in [-0.3, -0.25) is 4.79 Å². The minimum absolute atomic E-state index is 0.0428. The molecule has 0 unspecified atom stereocenters. The van der Waals surface area contributed by atoms with Crippen molar-refractivity contribution >= 4 is 16.8 Å². The second kappa shape index (κ2) is 6.67. The molecule has 0 N–H and O–H groups in total. The molecule has 0 saturated carbocycles. The predicted molar refractivity (Wildman–Crippen MR) is 99.3 cm³/mol. The molecule has 2 aromatic carbocycles. The Morgan fingerprint density at radius 3 is 2.73 bits per heavy atom. The maximum Gasteiger partial charge on any atom is 0.273 e. The van der Waals surface area contributed by atoms with E-state index in [1.165, 1.54) is 0 Å². The highest BCUT2D eigenvalue weighted by molar-refractivity contribution is 5.95. The number of rotatable bonds is 4. The topological polar surface area (TPSA) is 51.7 Å². The summed E-state index contributed by atoms with van der Waals surface area (Å²) in [6.45, 7) is 4.74. The average molecular weight is 348 g/mol. The van der Waals surface area contributed by atoms with Crippen LogP contribution in [0.4, 0.5) is 0 Å². The van der Waals surface area contributed by atoms with Crippen molar-refractivity contribution in [3.05, 3.63) is 65.9 Å². The van der Waals surface area contributed by atoms with Gasteiger partial charge in [0.2, 0.25) is 6.79 Å². The number of nitrogens with zero attached hydrogens (tertiary/aromatic N) is 2. The lowest BCUT2D eigenvalue weighted by molar-refractivity contribution is 0.0684. The van der Waals surface area contributed by atoms with Crippen molar-refractivity contribution in [1.82, 2.24) is 9.88 Å². The van der Waals surface area contributed by atoms with Crippen LogP contribution >= 0.6 is 0 Å². The van der Waals surface area contributed by atoms with E-state index in [9.17, 15) is 4.79 Å². The summed E-state index contributed by atoms with van der Waals surface area (Å²) in [7, 11) is 0. The fraction of sp³-hybridized carbons (Fsp3) is 0.238. The molecule has 132 valence electrons. The molecule has 4 rings (SSSR count). The second-order valence-electron chi connectivity index (χ2n) is 6.60. The summed E-state index contributed by atoms with van der Waals surface area (Å²) >= 11 is 0. The van der Waals surface area contributed by atoms with Gasteiger partial charge in [0.25, 0.3) is 5.91 Å². The van der Waals surface area contributed by atoms with E-state index in [4.69, 9.17) is 9.47 Å². The Morgan fingerprint density at radius 1 is 1.08 bits per heavy atom. The highest BCUT2D eigenvalue weighted by Gasteiger charge is 2.22. The number of ether oxygens (including phenoxy) is 2. The molecule has 0 radical (unpaired) electrons. The van der Waals surface area contributed by atoms with E-state index in [1.54, 1.807) is 6.07 Å². The normalized spacial score (nSPS) is 12.6. The fourth-order valence-corrected chi connectivity index (χ4v) is 3.06. The van der Waals surface area contributed by atoms with Crippen molar-refractivity contribution in [3.63, 3.8) is 0 Å². The predicted octanol–water partition coefficient (Wildman–Crippen LogP) is 4.01. The first-order valence-electron chi connectivity index (χ1n) is 8.67. The Bertz CT molecular complexity index is 968. The lowest BCUT2D eigenvalue weighted by Gasteiger charge is -2.26. The molecule has 1 aliphatic rings. The molecule has 0 fully saturated rings. The molecule has 2 heterocycles. The van der Waals surface area contributed by atoms with Gasteiger partial charge in [0.15, 0.2) is 11.5 Å². The van der Waals surface area contributed by atoms with Crippen LogP contribution in [0.5, 0.6) is 11.5 Å². The Labute approximate surface area is 152 Å². The summed E-state index contributed by atoms with van der Waals surface area (Å²) in [6.07, 6.45) is 0. The Morgan fingerprint density at radius 2 is 1.88 bits per heavy atom. The number of aromatic nitrogens is 1. The number of fused-ring (bicyclic) bond motifs is 2. The highest BCUT2D eigenvalue weighted by atomic mass is 16.7. The van der Waals surface area contributed by atoms with Crippen LogP contribution in [0.3, 0.4) is 0 Å². The van der Waals surface area contributed by atoms with Crippen molar-refractivity contribution < 1.29 is 14.3 Å². The summed E-state index contributed by atoms with van der Waals surface area (Å²) in [5.41, 5.74) is 2.28. The maximum atomic E-state index is 13.1. The molecular weight excluding hydrogens is 328 g/mol. The average Bonchev–Trinajstić information content (AvgIpc) is 3.12. The first-order valence-corrected chi connectivity index (χ1v) is 8.67. The van der Waals surface area contributed by atoms with Crippen molar-refractivity contribution in [2.24, 2.45) is 0 Å². The van der Waals surface area contributed by atoms with Crippen LogP contribution in [0, 0.1) is 0 Å². The standard InChI is InChI=1S/C21H20N2O3/c1-14(2)23(12-15-7-10-19-20(11-15)26-13-25-19)21(24)18-9-8-16-5-3-4-6-17(16)22-18/h3-11,14H,12-13H2,1-2H3. The Kier molecular flexibility index (Phi) is 4.21. The summed E-state index contributed by atoms with van der Waals surface area (Å²) in [6, 6.07) is 17.3. The van der Waals surface area contributed by atoms with Gasteiger partial charge in [0, 0.05) is 18.0 Å². The first-order chi connectivity index (χ1) is 12.6. The van der Waals surface area contributed by atoms with Gasteiger partial charge in [-0.2, -0.15) is 0 Å². The van der Waals surface area contributed by atoms with E-state index >= 15 is 0 Å². The number of benzene rings is 2. The zero-order chi connectivity index (χ0) is 18.1. The smallest absolute Gasteiger partial charge is 0.273 e. The molecule has 0 bridgehead atoms. The van der Waals surface area contributed by atoms with Crippen LogP contribution < -0.4 is 9.47 Å². The summed E-state index contributed by atoms with van der Waals surface area (Å²) in [5.74, 6) is 1.39. The van der Waals surface area contributed by atoms with Gasteiger partial charge in [-0.05, 0) is 43.7 Å². The third-order valence-corrected chi connectivity index (χ3v) is 4.49. The Balaban J connectivity index is 1.61. The third kappa shape index (κ3) is 3.08. The first kappa shape index (κ1) is 16.4. The Hall–Kier alpha value is -3.08. The van der Waals surface area contributed by atoms with Crippen LogP contribution in [-0.2, 0) is 6.54 Å². The number of hydrogen-bond donors (Lipinski definition) is 0. The van der Waals surface area contributed by atoms with Gasteiger partial charge >= 0.3 is 0 Å². The highest BCUT2D eigenvalue weighted by Crippen LogP contribution is 2.33. The number of amides is 1. The van der Waals surface area contributed by atoms with Crippen LogP contribution in [0.25, 0.3) is 10.9 Å². The molecule has 5 heteroatoms. The van der Waals surface area contributed by atoms with Gasteiger partial charge < -0.3 is 14.4 Å². The van der Waals surface area contributed by atoms with E-state index in [2.05, 4.69) is 4.98 Å². The van der Waals surface area contributed by atoms with Gasteiger partial charge in [-0.1, -0.05) is 30.3 Å². The zero-order valence-corrected chi connectivity index (χ0v) is 14.8. The maximum absolute atomic E-state index is 13.1. The van der Waals surface area contributed by atoms with E-state index in [-0.39, 0.29) is 18.7 Å². The molecule has 1 amide bonds. The van der Waals surface area contributed by atoms with Gasteiger partial charge in [-0.25, -0.2) is 4.98 Å². The minimum atomic E-state index is -0.0802. The molecule has 0 spiro atoms. The summed E-state index contributed by atoms with van der Waals surface area (Å²) in [5, 5.41) is 1.02. The molecule has 0 atom stereocenters. The van der Waals surface area contributed by atoms with Crippen molar-refractivity contribution in [2.45, 2.75) is 26.4 Å².